The van der Waals surface area contributed by atoms with Crippen molar-refractivity contribution in [1.29, 1.82) is 0 Å². The third-order valence-corrected chi connectivity index (χ3v) is 2.74. The van der Waals surface area contributed by atoms with Crippen molar-refractivity contribution in [2.45, 2.75) is 0 Å². The molecule has 0 N–H and O–H groups in total. The largest absolute Gasteiger partial charge is 0.336 e. The summed E-state index contributed by atoms with van der Waals surface area (Å²) >= 11 is 0. The lowest BCUT2D eigenvalue weighted by Gasteiger charge is -2.32. The highest BCUT2D eigenvalue weighted by Crippen LogP contribution is 2.06. The zero-order valence-electron chi connectivity index (χ0n) is 9.18. The molecule has 0 saturated carbocycles. The van der Waals surface area contributed by atoms with Gasteiger partial charge in [-0.25, -0.2) is 0 Å². The molecule has 1 fully saturated rings. The van der Waals surface area contributed by atoms with E-state index in [1.807, 2.05) is 11.9 Å². The van der Waals surface area contributed by atoms with Crippen LogP contribution in [0.4, 0.5) is 0 Å². The van der Waals surface area contributed by atoms with Crippen LogP contribution in [0.15, 0.2) is 12.4 Å². The molecule has 1 aromatic rings. The van der Waals surface area contributed by atoms with Crippen molar-refractivity contribution in [3.05, 3.63) is 18.0 Å². The molecule has 15 heavy (non-hydrogen) atoms. The lowest BCUT2D eigenvalue weighted by molar-refractivity contribution is 0.0664. The molecule has 82 valence electrons. The van der Waals surface area contributed by atoms with Crippen LogP contribution in [-0.2, 0) is 7.05 Å². The van der Waals surface area contributed by atoms with E-state index in [-0.39, 0.29) is 5.91 Å². The van der Waals surface area contributed by atoms with Crippen molar-refractivity contribution in [3.8, 4) is 0 Å². The lowest BCUT2D eigenvalue weighted by Crippen LogP contribution is -2.47. The van der Waals surface area contributed by atoms with E-state index in [4.69, 9.17) is 0 Å². The molecule has 1 aromatic heterocycles. The molecule has 2 heterocycles. The number of rotatable bonds is 1. The molecule has 2 rings (SSSR count). The van der Waals surface area contributed by atoms with Gasteiger partial charge in [-0.1, -0.05) is 0 Å². The molecule has 1 aliphatic rings. The Hall–Kier alpha value is -1.36. The second-order valence-corrected chi connectivity index (χ2v) is 4.00. The van der Waals surface area contributed by atoms with Crippen LogP contribution in [0.5, 0.6) is 0 Å². The third-order valence-electron chi connectivity index (χ3n) is 2.74. The summed E-state index contributed by atoms with van der Waals surface area (Å²) in [6.45, 7) is 3.52. The van der Waals surface area contributed by atoms with E-state index >= 15 is 0 Å². The number of carbonyl (C=O) groups is 1. The number of piperazine rings is 1. The van der Waals surface area contributed by atoms with E-state index in [1.54, 1.807) is 17.1 Å². The van der Waals surface area contributed by atoms with Crippen LogP contribution >= 0.6 is 0 Å². The Bertz CT molecular complexity index is 352. The van der Waals surface area contributed by atoms with Gasteiger partial charge < -0.3 is 9.80 Å². The average molecular weight is 208 g/mol. The van der Waals surface area contributed by atoms with E-state index in [0.717, 1.165) is 26.2 Å². The number of hydrogen-bond acceptors (Lipinski definition) is 3. The Labute approximate surface area is 89.3 Å². The summed E-state index contributed by atoms with van der Waals surface area (Å²) in [5.41, 5.74) is 0.682. The van der Waals surface area contributed by atoms with E-state index < -0.39 is 0 Å². The number of amides is 1. The van der Waals surface area contributed by atoms with Gasteiger partial charge in [0.1, 0.15) is 0 Å². The fourth-order valence-electron chi connectivity index (χ4n) is 1.72. The summed E-state index contributed by atoms with van der Waals surface area (Å²) < 4.78 is 1.66. The molecule has 0 bridgehead atoms. The number of carbonyl (C=O) groups excluding carboxylic acids is 1. The van der Waals surface area contributed by atoms with Gasteiger partial charge in [0.15, 0.2) is 0 Å². The first-order valence-electron chi connectivity index (χ1n) is 5.13. The molecule has 1 saturated heterocycles. The van der Waals surface area contributed by atoms with Gasteiger partial charge in [-0.3, -0.25) is 9.48 Å². The maximum atomic E-state index is 12.0. The van der Waals surface area contributed by atoms with Crippen molar-refractivity contribution in [3.63, 3.8) is 0 Å². The maximum absolute atomic E-state index is 12.0. The van der Waals surface area contributed by atoms with Crippen LogP contribution in [0, 0.1) is 0 Å². The predicted molar refractivity (Wildman–Crippen MR) is 56.6 cm³/mol. The number of nitrogens with zero attached hydrogens (tertiary/aromatic N) is 4. The average Bonchev–Trinajstić information content (AvgIpc) is 2.65. The molecular weight excluding hydrogens is 192 g/mol. The normalized spacial score (nSPS) is 18.1. The van der Waals surface area contributed by atoms with E-state index in [2.05, 4.69) is 17.0 Å². The van der Waals surface area contributed by atoms with Gasteiger partial charge in [0, 0.05) is 39.4 Å². The highest BCUT2D eigenvalue weighted by atomic mass is 16.2. The highest BCUT2D eigenvalue weighted by Gasteiger charge is 2.20. The second-order valence-electron chi connectivity index (χ2n) is 4.00. The quantitative estimate of drug-likeness (QED) is 0.642. The lowest BCUT2D eigenvalue weighted by atomic mass is 10.2. The first-order valence-corrected chi connectivity index (χ1v) is 5.13. The molecule has 5 nitrogen and oxygen atoms in total. The number of likely N-dealkylation sites (N-methyl/N-ethyl adjacent to an activating group) is 1. The number of aromatic nitrogens is 2. The monoisotopic (exact) mass is 208 g/mol. The zero-order chi connectivity index (χ0) is 10.8. The Kier molecular flexibility index (Phi) is 2.73. The van der Waals surface area contributed by atoms with Crippen molar-refractivity contribution >= 4 is 5.91 Å². The fourth-order valence-corrected chi connectivity index (χ4v) is 1.72. The summed E-state index contributed by atoms with van der Waals surface area (Å²) in [7, 11) is 3.90. The fraction of sp³-hybridized carbons (Fsp3) is 0.600. The summed E-state index contributed by atoms with van der Waals surface area (Å²) in [6, 6.07) is 0. The van der Waals surface area contributed by atoms with Gasteiger partial charge in [0.05, 0.1) is 11.8 Å². The second kappa shape index (κ2) is 4.02. The minimum atomic E-state index is 0.0937. The Balaban J connectivity index is 2.02. The van der Waals surface area contributed by atoms with Crippen LogP contribution in [0.1, 0.15) is 10.4 Å². The molecule has 1 amide bonds. The molecular formula is C10H16N4O. The van der Waals surface area contributed by atoms with E-state index in [1.165, 1.54) is 0 Å². The molecule has 0 spiro atoms. The first kappa shape index (κ1) is 10.2. The topological polar surface area (TPSA) is 41.4 Å². The Morgan fingerprint density at radius 1 is 1.27 bits per heavy atom. The van der Waals surface area contributed by atoms with Gasteiger partial charge in [-0.05, 0) is 7.05 Å². The van der Waals surface area contributed by atoms with Gasteiger partial charge in [-0.15, -0.1) is 0 Å². The molecule has 0 radical (unpaired) electrons. The molecule has 5 heteroatoms. The van der Waals surface area contributed by atoms with Crippen molar-refractivity contribution in [2.24, 2.45) is 7.05 Å². The van der Waals surface area contributed by atoms with Gasteiger partial charge in [-0.2, -0.15) is 5.10 Å². The number of aryl methyl sites for hydroxylation is 1. The molecule has 0 atom stereocenters. The van der Waals surface area contributed by atoms with Crippen LogP contribution in [0.2, 0.25) is 0 Å². The van der Waals surface area contributed by atoms with Gasteiger partial charge in [0.25, 0.3) is 5.91 Å². The van der Waals surface area contributed by atoms with E-state index in [0.29, 0.717) is 5.56 Å². The molecule has 0 aliphatic carbocycles. The predicted octanol–water partition coefficient (Wildman–Crippen LogP) is -0.192. The van der Waals surface area contributed by atoms with Crippen molar-refractivity contribution in [2.75, 3.05) is 33.2 Å². The van der Waals surface area contributed by atoms with Crippen molar-refractivity contribution in [1.82, 2.24) is 19.6 Å². The van der Waals surface area contributed by atoms with Gasteiger partial charge >= 0.3 is 0 Å². The summed E-state index contributed by atoms with van der Waals surface area (Å²) in [4.78, 5) is 16.1. The number of hydrogen-bond donors (Lipinski definition) is 0. The minimum Gasteiger partial charge on any atom is -0.336 e. The van der Waals surface area contributed by atoms with E-state index in [9.17, 15) is 4.79 Å². The highest BCUT2D eigenvalue weighted by molar-refractivity contribution is 5.93. The summed E-state index contributed by atoms with van der Waals surface area (Å²) in [5.74, 6) is 0.0937. The smallest absolute Gasteiger partial charge is 0.257 e. The molecule has 0 aromatic carbocycles. The Morgan fingerprint density at radius 2 is 1.93 bits per heavy atom. The van der Waals surface area contributed by atoms with Crippen LogP contribution < -0.4 is 0 Å². The van der Waals surface area contributed by atoms with Crippen LogP contribution in [-0.4, -0.2) is 58.7 Å². The SMILES string of the molecule is CN1CCN(C(=O)c2cnn(C)c2)CC1. The third kappa shape index (κ3) is 2.18. The first-order chi connectivity index (χ1) is 7.16. The van der Waals surface area contributed by atoms with Crippen LogP contribution in [0.25, 0.3) is 0 Å². The summed E-state index contributed by atoms with van der Waals surface area (Å²) in [6.07, 6.45) is 3.39. The maximum Gasteiger partial charge on any atom is 0.257 e. The molecule has 0 unspecified atom stereocenters. The van der Waals surface area contributed by atoms with Crippen LogP contribution in [0.3, 0.4) is 0 Å². The Morgan fingerprint density at radius 3 is 2.47 bits per heavy atom. The van der Waals surface area contributed by atoms with Crippen molar-refractivity contribution < 1.29 is 4.79 Å². The summed E-state index contributed by atoms with van der Waals surface area (Å²) in [5, 5.41) is 4.01. The van der Waals surface area contributed by atoms with Gasteiger partial charge in [0.2, 0.25) is 0 Å². The minimum absolute atomic E-state index is 0.0937. The molecule has 1 aliphatic heterocycles. The standard InChI is InChI=1S/C10H16N4O/c1-12-3-5-14(6-4-12)10(15)9-7-11-13(2)8-9/h7-8H,3-6H2,1-2H3. The zero-order valence-corrected chi connectivity index (χ0v) is 9.18.